The molecule has 2 aliphatic heterocycles. The van der Waals surface area contributed by atoms with Gasteiger partial charge in [0, 0.05) is 31.2 Å². The Bertz CT molecular complexity index is 228. The fourth-order valence-electron chi connectivity index (χ4n) is 3.33. The van der Waals surface area contributed by atoms with E-state index in [1.807, 2.05) is 0 Å². The molecule has 3 heteroatoms. The minimum Gasteiger partial charge on any atom is -0.381 e. The number of piperidine rings is 1. The van der Waals surface area contributed by atoms with Crippen LogP contribution in [0.5, 0.6) is 0 Å². The highest BCUT2D eigenvalue weighted by Gasteiger charge is 2.29. The number of rotatable bonds is 4. The van der Waals surface area contributed by atoms with Crippen molar-refractivity contribution in [3.8, 4) is 0 Å². The van der Waals surface area contributed by atoms with Crippen LogP contribution in [0.2, 0.25) is 0 Å². The van der Waals surface area contributed by atoms with Gasteiger partial charge in [0.2, 0.25) is 0 Å². The summed E-state index contributed by atoms with van der Waals surface area (Å²) in [7, 11) is 2.10. The quantitative estimate of drug-likeness (QED) is 0.810. The van der Waals surface area contributed by atoms with Crippen LogP contribution in [0.25, 0.3) is 0 Å². The normalized spacial score (nSPS) is 37.2. The molecule has 0 aromatic heterocycles. The Hall–Kier alpha value is -0.120. The van der Waals surface area contributed by atoms with Crippen molar-refractivity contribution in [2.45, 2.75) is 45.2 Å². The summed E-state index contributed by atoms with van der Waals surface area (Å²) in [6.45, 7) is 9.13. The molecule has 4 unspecified atom stereocenters. The van der Waals surface area contributed by atoms with Crippen LogP contribution in [0.3, 0.4) is 0 Å². The average molecular weight is 240 g/mol. The molecule has 0 bridgehead atoms. The molecule has 0 saturated carbocycles. The predicted octanol–water partition coefficient (Wildman–Crippen LogP) is 1.73. The maximum atomic E-state index is 5.51. The average Bonchev–Trinajstić information content (AvgIpc) is 2.81. The SMILES string of the molecule is CNC(CN1CCC(C)CC1C)C1CCOC1. The Labute approximate surface area is 106 Å². The van der Waals surface area contributed by atoms with Crippen LogP contribution in [-0.2, 0) is 4.74 Å². The molecule has 0 aromatic rings. The first-order valence-electron chi connectivity index (χ1n) is 7.19. The predicted molar refractivity (Wildman–Crippen MR) is 71.2 cm³/mol. The minimum absolute atomic E-state index is 0.605. The molecule has 2 saturated heterocycles. The topological polar surface area (TPSA) is 24.5 Å². The van der Waals surface area contributed by atoms with E-state index >= 15 is 0 Å². The second kappa shape index (κ2) is 6.17. The van der Waals surface area contributed by atoms with E-state index < -0.39 is 0 Å². The van der Waals surface area contributed by atoms with Crippen molar-refractivity contribution in [2.24, 2.45) is 11.8 Å². The zero-order valence-electron chi connectivity index (χ0n) is 11.6. The van der Waals surface area contributed by atoms with Gasteiger partial charge >= 0.3 is 0 Å². The molecular formula is C14H28N2O. The van der Waals surface area contributed by atoms with Gasteiger partial charge in [-0.05, 0) is 45.7 Å². The van der Waals surface area contributed by atoms with E-state index in [1.165, 1.54) is 32.4 Å². The summed E-state index contributed by atoms with van der Waals surface area (Å²) in [5.74, 6) is 1.62. The van der Waals surface area contributed by atoms with Gasteiger partial charge in [0.15, 0.2) is 0 Å². The van der Waals surface area contributed by atoms with E-state index in [1.54, 1.807) is 0 Å². The minimum atomic E-state index is 0.605. The lowest BCUT2D eigenvalue weighted by molar-refractivity contribution is 0.102. The van der Waals surface area contributed by atoms with Crippen molar-refractivity contribution in [3.05, 3.63) is 0 Å². The van der Waals surface area contributed by atoms with E-state index in [-0.39, 0.29) is 0 Å². The van der Waals surface area contributed by atoms with Gasteiger partial charge in [0.05, 0.1) is 6.61 Å². The zero-order chi connectivity index (χ0) is 12.3. The number of ether oxygens (including phenoxy) is 1. The molecule has 0 spiro atoms. The Kier molecular flexibility index (Phi) is 4.83. The molecule has 0 aromatic carbocycles. The summed E-state index contributed by atoms with van der Waals surface area (Å²) >= 11 is 0. The Morgan fingerprint density at radius 2 is 2.18 bits per heavy atom. The van der Waals surface area contributed by atoms with Crippen LogP contribution >= 0.6 is 0 Å². The van der Waals surface area contributed by atoms with Crippen LogP contribution in [0, 0.1) is 11.8 Å². The number of hydrogen-bond acceptors (Lipinski definition) is 3. The lowest BCUT2D eigenvalue weighted by Gasteiger charge is -2.39. The summed E-state index contributed by atoms with van der Waals surface area (Å²) in [4.78, 5) is 2.67. The van der Waals surface area contributed by atoms with Crippen LogP contribution in [0.4, 0.5) is 0 Å². The molecule has 4 atom stereocenters. The molecule has 0 aliphatic carbocycles. The largest absolute Gasteiger partial charge is 0.381 e. The molecule has 100 valence electrons. The number of nitrogens with zero attached hydrogens (tertiary/aromatic N) is 1. The van der Waals surface area contributed by atoms with E-state index in [2.05, 4.69) is 31.1 Å². The first-order valence-corrected chi connectivity index (χ1v) is 7.19. The van der Waals surface area contributed by atoms with Crippen molar-refractivity contribution in [2.75, 3.05) is 33.4 Å². The molecule has 0 radical (unpaired) electrons. The second-order valence-corrected chi connectivity index (χ2v) is 5.99. The number of likely N-dealkylation sites (tertiary alicyclic amines) is 1. The maximum Gasteiger partial charge on any atom is 0.0510 e. The zero-order valence-corrected chi connectivity index (χ0v) is 11.6. The lowest BCUT2D eigenvalue weighted by Crippen LogP contribution is -2.49. The summed E-state index contributed by atoms with van der Waals surface area (Å²) in [6.07, 6.45) is 3.95. The summed E-state index contributed by atoms with van der Waals surface area (Å²) < 4.78 is 5.51. The van der Waals surface area contributed by atoms with Crippen molar-refractivity contribution in [1.82, 2.24) is 10.2 Å². The molecule has 2 aliphatic rings. The second-order valence-electron chi connectivity index (χ2n) is 5.99. The fourth-order valence-corrected chi connectivity index (χ4v) is 3.33. The molecule has 2 fully saturated rings. The molecule has 0 amide bonds. The monoisotopic (exact) mass is 240 g/mol. The van der Waals surface area contributed by atoms with E-state index in [0.29, 0.717) is 12.0 Å². The Morgan fingerprint density at radius 3 is 2.76 bits per heavy atom. The maximum absolute atomic E-state index is 5.51. The third-order valence-electron chi connectivity index (χ3n) is 4.61. The molecule has 2 rings (SSSR count). The third kappa shape index (κ3) is 3.43. The van der Waals surface area contributed by atoms with Crippen LogP contribution < -0.4 is 5.32 Å². The van der Waals surface area contributed by atoms with Crippen molar-refractivity contribution in [1.29, 1.82) is 0 Å². The standard InChI is InChI=1S/C14H28N2O/c1-11-4-6-16(12(2)8-11)9-14(15-3)13-5-7-17-10-13/h11-15H,4-10H2,1-3H3. The lowest BCUT2D eigenvalue weighted by atomic mass is 9.91. The molecule has 17 heavy (non-hydrogen) atoms. The molecule has 3 nitrogen and oxygen atoms in total. The smallest absolute Gasteiger partial charge is 0.0510 e. The van der Waals surface area contributed by atoms with Crippen molar-refractivity contribution >= 4 is 0 Å². The van der Waals surface area contributed by atoms with E-state index in [9.17, 15) is 0 Å². The molecule has 1 N–H and O–H groups in total. The molecular weight excluding hydrogens is 212 g/mol. The summed E-state index contributed by atoms with van der Waals surface area (Å²) in [6, 6.07) is 1.35. The van der Waals surface area contributed by atoms with Gasteiger partial charge in [0.25, 0.3) is 0 Å². The Morgan fingerprint density at radius 1 is 1.35 bits per heavy atom. The van der Waals surface area contributed by atoms with Gasteiger partial charge in [-0.15, -0.1) is 0 Å². The highest BCUT2D eigenvalue weighted by Crippen LogP contribution is 2.24. The van der Waals surface area contributed by atoms with Gasteiger partial charge in [-0.1, -0.05) is 6.92 Å². The summed E-state index contributed by atoms with van der Waals surface area (Å²) in [5.41, 5.74) is 0. The van der Waals surface area contributed by atoms with Crippen LogP contribution in [0.1, 0.15) is 33.1 Å². The van der Waals surface area contributed by atoms with Gasteiger partial charge in [-0.25, -0.2) is 0 Å². The molecule has 2 heterocycles. The highest BCUT2D eigenvalue weighted by molar-refractivity contribution is 4.85. The Balaban J connectivity index is 1.85. The van der Waals surface area contributed by atoms with E-state index in [0.717, 1.165) is 25.2 Å². The van der Waals surface area contributed by atoms with Gasteiger partial charge in [0.1, 0.15) is 0 Å². The van der Waals surface area contributed by atoms with Crippen molar-refractivity contribution < 1.29 is 4.74 Å². The highest BCUT2D eigenvalue weighted by atomic mass is 16.5. The van der Waals surface area contributed by atoms with Crippen LogP contribution in [-0.4, -0.2) is 50.3 Å². The van der Waals surface area contributed by atoms with Gasteiger partial charge < -0.3 is 10.1 Å². The number of nitrogens with one attached hydrogen (secondary N) is 1. The number of likely N-dealkylation sites (N-methyl/N-ethyl adjacent to an activating group) is 1. The first kappa shape index (κ1) is 13.3. The van der Waals surface area contributed by atoms with Crippen LogP contribution in [0.15, 0.2) is 0 Å². The summed E-state index contributed by atoms with van der Waals surface area (Å²) in [5, 5.41) is 3.50. The third-order valence-corrected chi connectivity index (χ3v) is 4.61. The van der Waals surface area contributed by atoms with Crippen molar-refractivity contribution in [3.63, 3.8) is 0 Å². The first-order chi connectivity index (χ1) is 8.20. The number of hydrogen-bond donors (Lipinski definition) is 1. The van der Waals surface area contributed by atoms with Gasteiger partial charge in [-0.2, -0.15) is 0 Å². The van der Waals surface area contributed by atoms with E-state index in [4.69, 9.17) is 4.74 Å². The fraction of sp³-hybridized carbons (Fsp3) is 1.00. The van der Waals surface area contributed by atoms with Gasteiger partial charge in [-0.3, -0.25) is 4.90 Å².